The van der Waals surface area contributed by atoms with Crippen LogP contribution in [0.15, 0.2) is 42.6 Å². The molecule has 1 saturated carbocycles. The smallest absolute Gasteiger partial charge is 0.0434 e. The summed E-state index contributed by atoms with van der Waals surface area (Å²) in [6.07, 6.45) is 13.9. The lowest BCUT2D eigenvalue weighted by atomic mass is 9.79. The molecule has 0 spiro atoms. The predicted octanol–water partition coefficient (Wildman–Crippen LogP) is 7.17. The molecule has 0 atom stereocenters. The standard InChI is InChI=1S/C24H33N/c1-3-5-6-7-20-10-12-21(13-11-20)23-16-17-24(25-18-23)22-14-8-19(4-2)9-15-22/h10-13,16-19,22H,3-9,14-15H2,1-2H3. The second kappa shape index (κ2) is 9.17. The summed E-state index contributed by atoms with van der Waals surface area (Å²) in [4.78, 5) is 4.81. The molecule has 25 heavy (non-hydrogen) atoms. The van der Waals surface area contributed by atoms with Gasteiger partial charge in [-0.25, -0.2) is 0 Å². The van der Waals surface area contributed by atoms with Gasteiger partial charge >= 0.3 is 0 Å². The molecular weight excluding hydrogens is 302 g/mol. The van der Waals surface area contributed by atoms with Crippen molar-refractivity contribution in [1.82, 2.24) is 4.98 Å². The van der Waals surface area contributed by atoms with Crippen molar-refractivity contribution in [3.63, 3.8) is 0 Å². The van der Waals surface area contributed by atoms with E-state index in [4.69, 9.17) is 4.98 Å². The number of pyridine rings is 1. The van der Waals surface area contributed by atoms with Gasteiger partial charge in [0.05, 0.1) is 0 Å². The SMILES string of the molecule is CCCCCc1ccc(-c2ccc(C3CCC(CC)CC3)nc2)cc1. The lowest BCUT2D eigenvalue weighted by molar-refractivity contribution is 0.315. The van der Waals surface area contributed by atoms with E-state index < -0.39 is 0 Å². The Balaban J connectivity index is 1.60. The van der Waals surface area contributed by atoms with Crippen molar-refractivity contribution in [2.45, 2.75) is 77.6 Å². The van der Waals surface area contributed by atoms with E-state index in [0.717, 1.165) is 5.92 Å². The molecule has 1 aromatic heterocycles. The molecule has 0 N–H and O–H groups in total. The monoisotopic (exact) mass is 335 g/mol. The van der Waals surface area contributed by atoms with Gasteiger partial charge in [0.1, 0.15) is 0 Å². The third-order valence-electron chi connectivity index (χ3n) is 5.99. The molecule has 1 heterocycles. The van der Waals surface area contributed by atoms with E-state index in [1.165, 1.54) is 80.2 Å². The molecule has 0 saturated heterocycles. The van der Waals surface area contributed by atoms with Crippen molar-refractivity contribution in [2.24, 2.45) is 5.92 Å². The maximum absolute atomic E-state index is 4.81. The molecule has 1 aromatic carbocycles. The van der Waals surface area contributed by atoms with Crippen LogP contribution in [-0.2, 0) is 6.42 Å². The maximum atomic E-state index is 4.81. The van der Waals surface area contributed by atoms with Crippen molar-refractivity contribution in [3.05, 3.63) is 53.9 Å². The zero-order chi connectivity index (χ0) is 17.5. The van der Waals surface area contributed by atoms with Crippen molar-refractivity contribution in [2.75, 3.05) is 0 Å². The Morgan fingerprint density at radius 2 is 1.56 bits per heavy atom. The van der Waals surface area contributed by atoms with Gasteiger partial charge in [-0.15, -0.1) is 0 Å². The van der Waals surface area contributed by atoms with Gasteiger partial charge in [0.2, 0.25) is 0 Å². The van der Waals surface area contributed by atoms with E-state index in [9.17, 15) is 0 Å². The van der Waals surface area contributed by atoms with E-state index in [0.29, 0.717) is 5.92 Å². The highest BCUT2D eigenvalue weighted by Gasteiger charge is 2.22. The second-order valence-electron chi connectivity index (χ2n) is 7.75. The Labute approximate surface area is 153 Å². The van der Waals surface area contributed by atoms with Crippen LogP contribution in [0.2, 0.25) is 0 Å². The summed E-state index contributed by atoms with van der Waals surface area (Å²) in [5, 5.41) is 0. The molecule has 1 aliphatic carbocycles. The van der Waals surface area contributed by atoms with Gasteiger partial charge in [0.15, 0.2) is 0 Å². The van der Waals surface area contributed by atoms with E-state index >= 15 is 0 Å². The van der Waals surface area contributed by atoms with Gasteiger partial charge in [-0.2, -0.15) is 0 Å². The average Bonchev–Trinajstić information content (AvgIpc) is 2.69. The predicted molar refractivity (Wildman–Crippen MR) is 108 cm³/mol. The molecule has 0 unspecified atom stereocenters. The Kier molecular flexibility index (Phi) is 6.67. The fourth-order valence-electron chi connectivity index (χ4n) is 4.13. The number of hydrogen-bond donors (Lipinski definition) is 0. The van der Waals surface area contributed by atoms with Gasteiger partial charge in [-0.3, -0.25) is 4.98 Å². The van der Waals surface area contributed by atoms with Crippen LogP contribution in [0.25, 0.3) is 11.1 Å². The van der Waals surface area contributed by atoms with Crippen molar-refractivity contribution >= 4 is 0 Å². The van der Waals surface area contributed by atoms with Crippen LogP contribution in [0.3, 0.4) is 0 Å². The molecular formula is C24H33N. The van der Waals surface area contributed by atoms with Gasteiger partial charge in [0, 0.05) is 23.4 Å². The first-order chi connectivity index (χ1) is 12.3. The lowest BCUT2D eigenvalue weighted by Gasteiger charge is -2.27. The minimum absolute atomic E-state index is 0.679. The Hall–Kier alpha value is -1.63. The number of hydrogen-bond acceptors (Lipinski definition) is 1. The van der Waals surface area contributed by atoms with Crippen molar-refractivity contribution in [1.29, 1.82) is 0 Å². The highest BCUT2D eigenvalue weighted by Crippen LogP contribution is 2.36. The Bertz CT molecular complexity index is 618. The molecule has 0 aliphatic heterocycles. The number of aryl methyl sites for hydroxylation is 1. The molecule has 0 radical (unpaired) electrons. The summed E-state index contributed by atoms with van der Waals surface area (Å²) in [6, 6.07) is 13.6. The van der Waals surface area contributed by atoms with E-state index in [1.54, 1.807) is 0 Å². The largest absolute Gasteiger partial charge is 0.260 e. The molecule has 2 aromatic rings. The molecule has 3 rings (SSSR count). The van der Waals surface area contributed by atoms with Crippen molar-refractivity contribution in [3.8, 4) is 11.1 Å². The first-order valence-corrected chi connectivity index (χ1v) is 10.4. The van der Waals surface area contributed by atoms with E-state index in [1.807, 2.05) is 0 Å². The summed E-state index contributed by atoms with van der Waals surface area (Å²) < 4.78 is 0. The molecule has 1 fully saturated rings. The molecule has 1 heteroatoms. The zero-order valence-electron chi connectivity index (χ0n) is 16.0. The minimum atomic E-state index is 0.679. The number of nitrogens with zero attached hydrogens (tertiary/aromatic N) is 1. The fraction of sp³-hybridized carbons (Fsp3) is 0.542. The second-order valence-corrected chi connectivity index (χ2v) is 7.75. The summed E-state index contributed by atoms with van der Waals surface area (Å²) in [6.45, 7) is 4.59. The van der Waals surface area contributed by atoms with Gasteiger partial charge in [-0.1, -0.05) is 63.4 Å². The molecule has 134 valence electrons. The average molecular weight is 336 g/mol. The number of benzene rings is 1. The van der Waals surface area contributed by atoms with Crippen LogP contribution in [0.1, 0.15) is 82.4 Å². The summed E-state index contributed by atoms with van der Waals surface area (Å²) in [7, 11) is 0. The highest BCUT2D eigenvalue weighted by molar-refractivity contribution is 5.62. The highest BCUT2D eigenvalue weighted by atomic mass is 14.7. The van der Waals surface area contributed by atoms with Gasteiger partial charge in [0.25, 0.3) is 0 Å². The molecule has 1 aliphatic rings. The van der Waals surface area contributed by atoms with Crippen LogP contribution in [0, 0.1) is 5.92 Å². The van der Waals surface area contributed by atoms with E-state index in [-0.39, 0.29) is 0 Å². The van der Waals surface area contributed by atoms with Crippen LogP contribution in [-0.4, -0.2) is 4.98 Å². The molecule has 0 amide bonds. The normalized spacial score (nSPS) is 20.6. The third-order valence-corrected chi connectivity index (χ3v) is 5.99. The minimum Gasteiger partial charge on any atom is -0.260 e. The topological polar surface area (TPSA) is 12.9 Å². The summed E-state index contributed by atoms with van der Waals surface area (Å²) in [5.41, 5.74) is 5.28. The zero-order valence-corrected chi connectivity index (χ0v) is 16.0. The van der Waals surface area contributed by atoms with Gasteiger partial charge in [-0.05, 0) is 61.6 Å². The lowest BCUT2D eigenvalue weighted by Crippen LogP contribution is -2.13. The summed E-state index contributed by atoms with van der Waals surface area (Å²) in [5.74, 6) is 1.63. The van der Waals surface area contributed by atoms with Gasteiger partial charge < -0.3 is 0 Å². The first-order valence-electron chi connectivity index (χ1n) is 10.4. The summed E-state index contributed by atoms with van der Waals surface area (Å²) >= 11 is 0. The van der Waals surface area contributed by atoms with Crippen LogP contribution < -0.4 is 0 Å². The first kappa shape index (κ1) is 18.2. The number of rotatable bonds is 7. The third kappa shape index (κ3) is 4.93. The molecule has 1 nitrogen and oxygen atoms in total. The van der Waals surface area contributed by atoms with Crippen molar-refractivity contribution < 1.29 is 0 Å². The number of aromatic nitrogens is 1. The Morgan fingerprint density at radius 1 is 0.840 bits per heavy atom. The Morgan fingerprint density at radius 3 is 2.16 bits per heavy atom. The molecule has 0 bridgehead atoms. The van der Waals surface area contributed by atoms with Crippen LogP contribution in [0.4, 0.5) is 0 Å². The van der Waals surface area contributed by atoms with Crippen LogP contribution >= 0.6 is 0 Å². The van der Waals surface area contributed by atoms with E-state index in [2.05, 4.69) is 56.4 Å². The fourth-order valence-corrected chi connectivity index (χ4v) is 4.13. The quantitative estimate of drug-likeness (QED) is 0.489. The van der Waals surface area contributed by atoms with Crippen LogP contribution in [0.5, 0.6) is 0 Å². The maximum Gasteiger partial charge on any atom is 0.0434 e. The number of unbranched alkanes of at least 4 members (excludes halogenated alkanes) is 2.